The number of rotatable bonds is 3. The van der Waals surface area contributed by atoms with Crippen molar-refractivity contribution in [3.63, 3.8) is 0 Å². The number of amides is 1. The Hall–Kier alpha value is -3.66. The van der Waals surface area contributed by atoms with Crippen molar-refractivity contribution in [1.29, 1.82) is 5.26 Å². The van der Waals surface area contributed by atoms with Crippen LogP contribution in [-0.4, -0.2) is 31.4 Å². The van der Waals surface area contributed by atoms with Gasteiger partial charge in [0.1, 0.15) is 11.9 Å². The summed E-state index contributed by atoms with van der Waals surface area (Å²) in [5.41, 5.74) is 3.87. The van der Waals surface area contributed by atoms with E-state index in [0.717, 1.165) is 35.2 Å². The van der Waals surface area contributed by atoms with Crippen LogP contribution < -0.4 is 0 Å². The Kier molecular flexibility index (Phi) is 5.02. The summed E-state index contributed by atoms with van der Waals surface area (Å²) >= 11 is 0. The topological polar surface area (TPSA) is 82.2 Å². The number of benzene rings is 2. The minimum absolute atomic E-state index is 0.0334. The predicted octanol–water partition coefficient (Wildman–Crippen LogP) is 5.32. The highest BCUT2D eigenvalue weighted by atomic mass is 19.1. The van der Waals surface area contributed by atoms with Crippen LogP contribution in [0.4, 0.5) is 9.18 Å². The highest BCUT2D eigenvalue weighted by Gasteiger charge is 2.38. The van der Waals surface area contributed by atoms with Crippen LogP contribution >= 0.6 is 0 Å². The van der Waals surface area contributed by atoms with Gasteiger partial charge in [0.25, 0.3) is 0 Å². The molecule has 1 aliphatic carbocycles. The van der Waals surface area contributed by atoms with Gasteiger partial charge < -0.3 is 5.11 Å². The molecule has 1 aromatic heterocycles. The summed E-state index contributed by atoms with van der Waals surface area (Å²) in [6.07, 6.45) is 2.33. The number of carboxylic acid groups (broad SMARTS) is 1. The molecule has 4 rings (SSSR count). The van der Waals surface area contributed by atoms with E-state index in [2.05, 4.69) is 5.10 Å². The molecule has 1 aliphatic rings. The fraction of sp³-hybridized carbons (Fsp3) is 0.292. The van der Waals surface area contributed by atoms with Crippen LogP contribution in [0, 0.1) is 17.1 Å². The third-order valence-corrected chi connectivity index (χ3v) is 5.68. The summed E-state index contributed by atoms with van der Waals surface area (Å²) in [7, 11) is 0. The number of nitrogens with zero attached hydrogens (tertiary/aromatic N) is 4. The van der Waals surface area contributed by atoms with Gasteiger partial charge in [0.05, 0.1) is 23.0 Å². The average Bonchev–Trinajstić information content (AvgIpc) is 3.35. The quantitative estimate of drug-likeness (QED) is 0.624. The van der Waals surface area contributed by atoms with Gasteiger partial charge in [-0.05, 0) is 69.0 Å². The molecular weight excluding hydrogens is 395 g/mol. The molecule has 3 aromatic rings. The molecule has 0 saturated heterocycles. The van der Waals surface area contributed by atoms with Crippen molar-refractivity contribution in [3.8, 4) is 23.0 Å². The molecule has 6 nitrogen and oxygen atoms in total. The van der Waals surface area contributed by atoms with Gasteiger partial charge in [0.2, 0.25) is 0 Å². The number of nitriles is 1. The fourth-order valence-electron chi connectivity index (χ4n) is 4.38. The first-order valence-electron chi connectivity index (χ1n) is 10.1. The van der Waals surface area contributed by atoms with Gasteiger partial charge in [-0.2, -0.15) is 10.4 Å². The number of halogens is 1. The Bertz CT molecular complexity index is 1200. The van der Waals surface area contributed by atoms with Gasteiger partial charge in [0, 0.05) is 17.3 Å². The van der Waals surface area contributed by atoms with E-state index in [-0.39, 0.29) is 11.6 Å². The minimum Gasteiger partial charge on any atom is -0.465 e. The van der Waals surface area contributed by atoms with Crippen LogP contribution in [0.3, 0.4) is 0 Å². The van der Waals surface area contributed by atoms with E-state index in [1.165, 1.54) is 17.0 Å². The summed E-state index contributed by atoms with van der Waals surface area (Å²) in [4.78, 5) is 13.5. The van der Waals surface area contributed by atoms with E-state index in [1.807, 2.05) is 51.1 Å². The lowest BCUT2D eigenvalue weighted by Crippen LogP contribution is -2.46. The fourth-order valence-corrected chi connectivity index (χ4v) is 4.38. The van der Waals surface area contributed by atoms with Crippen LogP contribution in [0.5, 0.6) is 0 Å². The Morgan fingerprint density at radius 1 is 1.29 bits per heavy atom. The third kappa shape index (κ3) is 3.66. The Morgan fingerprint density at radius 3 is 2.74 bits per heavy atom. The molecule has 0 spiro atoms. The first-order valence-corrected chi connectivity index (χ1v) is 10.1. The van der Waals surface area contributed by atoms with E-state index < -0.39 is 17.4 Å². The van der Waals surface area contributed by atoms with Crippen molar-refractivity contribution in [1.82, 2.24) is 14.7 Å². The third-order valence-electron chi connectivity index (χ3n) is 5.68. The maximum absolute atomic E-state index is 13.7. The second kappa shape index (κ2) is 7.55. The van der Waals surface area contributed by atoms with Crippen LogP contribution in [0.25, 0.3) is 16.9 Å². The zero-order valence-corrected chi connectivity index (χ0v) is 17.6. The molecule has 0 saturated carbocycles. The number of aromatic nitrogens is 2. The van der Waals surface area contributed by atoms with Crippen molar-refractivity contribution in [3.05, 3.63) is 71.2 Å². The molecule has 31 heavy (non-hydrogen) atoms. The normalized spacial score (nSPS) is 15.4. The van der Waals surface area contributed by atoms with Gasteiger partial charge in [-0.15, -0.1) is 0 Å². The molecule has 158 valence electrons. The van der Waals surface area contributed by atoms with Gasteiger partial charge in [-0.1, -0.05) is 18.2 Å². The molecular formula is C24H23FN4O2. The molecule has 0 bridgehead atoms. The first-order chi connectivity index (χ1) is 14.7. The molecule has 0 radical (unpaired) electrons. The number of fused-ring (bicyclic) bond motifs is 1. The second-order valence-corrected chi connectivity index (χ2v) is 8.67. The van der Waals surface area contributed by atoms with Crippen molar-refractivity contribution in [2.45, 2.75) is 45.2 Å². The lowest BCUT2D eigenvalue weighted by atomic mass is 9.97. The number of hydrogen-bond donors (Lipinski definition) is 1. The van der Waals surface area contributed by atoms with Crippen molar-refractivity contribution < 1.29 is 14.3 Å². The first kappa shape index (κ1) is 20.6. The molecule has 0 aliphatic heterocycles. The lowest BCUT2D eigenvalue weighted by Gasteiger charge is -2.38. The number of carbonyl (C=O) groups is 1. The Morgan fingerprint density at radius 2 is 2.06 bits per heavy atom. The van der Waals surface area contributed by atoms with E-state index in [0.29, 0.717) is 5.69 Å². The molecule has 1 atom stereocenters. The van der Waals surface area contributed by atoms with Crippen molar-refractivity contribution in [2.75, 3.05) is 0 Å². The predicted molar refractivity (Wildman–Crippen MR) is 114 cm³/mol. The second-order valence-electron chi connectivity index (χ2n) is 8.67. The summed E-state index contributed by atoms with van der Waals surface area (Å²) in [6, 6.07) is 13.7. The van der Waals surface area contributed by atoms with Crippen LogP contribution in [0.15, 0.2) is 48.7 Å². The minimum atomic E-state index is -0.926. The van der Waals surface area contributed by atoms with E-state index in [9.17, 15) is 14.3 Å². The highest BCUT2D eigenvalue weighted by molar-refractivity contribution is 5.70. The summed E-state index contributed by atoms with van der Waals surface area (Å²) in [5.74, 6) is -0.563. The molecule has 2 aromatic carbocycles. The van der Waals surface area contributed by atoms with E-state index in [4.69, 9.17) is 5.26 Å². The van der Waals surface area contributed by atoms with Crippen molar-refractivity contribution >= 4 is 6.09 Å². The van der Waals surface area contributed by atoms with Crippen LogP contribution in [0.2, 0.25) is 0 Å². The molecule has 0 unspecified atom stereocenters. The smallest absolute Gasteiger partial charge is 0.408 e. The summed E-state index contributed by atoms with van der Waals surface area (Å²) in [6.45, 7) is 5.72. The maximum atomic E-state index is 13.7. The van der Waals surface area contributed by atoms with Gasteiger partial charge in [-0.25, -0.2) is 13.9 Å². The van der Waals surface area contributed by atoms with Crippen LogP contribution in [0.1, 0.15) is 49.9 Å². The van der Waals surface area contributed by atoms with Gasteiger partial charge in [-0.3, -0.25) is 4.90 Å². The Labute approximate surface area is 180 Å². The van der Waals surface area contributed by atoms with Crippen molar-refractivity contribution in [2.24, 2.45) is 0 Å². The van der Waals surface area contributed by atoms with Gasteiger partial charge in [0.15, 0.2) is 0 Å². The molecule has 1 amide bonds. The van der Waals surface area contributed by atoms with Crippen LogP contribution in [-0.2, 0) is 6.42 Å². The summed E-state index contributed by atoms with van der Waals surface area (Å²) < 4.78 is 15.3. The average molecular weight is 418 g/mol. The largest absolute Gasteiger partial charge is 0.465 e. The van der Waals surface area contributed by atoms with E-state index >= 15 is 0 Å². The standard InChI is InChI=1S/C24H23FN4O2/c1-24(2,3)29(23(30)31)22-10-8-17-18(5-4-6-19(17)22)21-11-12-28(27-21)16-7-9-20(25)15(13-16)14-26/h4-7,9,11-13,22H,8,10H2,1-3H3,(H,30,31)/t22-/m0/s1. The zero-order valence-electron chi connectivity index (χ0n) is 17.6. The van der Waals surface area contributed by atoms with Gasteiger partial charge >= 0.3 is 6.09 Å². The Balaban J connectivity index is 1.72. The maximum Gasteiger partial charge on any atom is 0.408 e. The molecule has 0 fully saturated rings. The molecule has 7 heteroatoms. The monoisotopic (exact) mass is 418 g/mol. The van der Waals surface area contributed by atoms with E-state index in [1.54, 1.807) is 16.9 Å². The number of hydrogen-bond acceptors (Lipinski definition) is 3. The zero-order chi connectivity index (χ0) is 22.3. The summed E-state index contributed by atoms with van der Waals surface area (Å²) in [5, 5.41) is 23.6. The highest BCUT2D eigenvalue weighted by Crippen LogP contribution is 2.42. The molecule has 1 N–H and O–H groups in total. The lowest BCUT2D eigenvalue weighted by molar-refractivity contribution is 0.0701. The SMILES string of the molecule is CC(C)(C)N(C(=O)O)[C@H]1CCc2c(-c3ccn(-c4ccc(F)c(C#N)c4)n3)cccc21. The molecule has 1 heterocycles.